The minimum atomic E-state index is -3.53. The van der Waals surface area contributed by atoms with Gasteiger partial charge < -0.3 is 10.2 Å². The number of likely N-dealkylation sites (N-methyl/N-ethyl adjacent to an activating group) is 1. The minimum absolute atomic E-state index is 0.121. The van der Waals surface area contributed by atoms with Gasteiger partial charge in [-0.05, 0) is 49.6 Å². The lowest BCUT2D eigenvalue weighted by Crippen LogP contribution is -2.48. The topological polar surface area (TPSA) is 86.8 Å². The molecule has 0 aromatic heterocycles. The highest BCUT2D eigenvalue weighted by atomic mass is 35.5. The van der Waals surface area contributed by atoms with Crippen molar-refractivity contribution in [2.45, 2.75) is 32.2 Å². The molecule has 2 aromatic carbocycles. The molecule has 2 amide bonds. The fourth-order valence-electron chi connectivity index (χ4n) is 3.39. The average Bonchev–Trinajstić information content (AvgIpc) is 2.77. The molecule has 0 aliphatic heterocycles. The van der Waals surface area contributed by atoms with Crippen molar-refractivity contribution in [1.82, 2.24) is 10.2 Å². The van der Waals surface area contributed by atoms with Crippen LogP contribution in [-0.4, -0.2) is 57.6 Å². The zero-order valence-electron chi connectivity index (χ0n) is 18.6. The smallest absolute Gasteiger partial charge is 0.242 e. The number of halogens is 1. The third kappa shape index (κ3) is 7.53. The molecule has 0 fully saturated rings. The first kappa shape index (κ1) is 25.7. The molecule has 2 rings (SSSR count). The highest BCUT2D eigenvalue weighted by Gasteiger charge is 2.25. The summed E-state index contributed by atoms with van der Waals surface area (Å²) < 4.78 is 25.8. The van der Waals surface area contributed by atoms with E-state index in [0.29, 0.717) is 30.1 Å². The molecule has 32 heavy (non-hydrogen) atoms. The number of carbonyl (C=O) groups excluding carboxylic acids is 2. The average molecular weight is 480 g/mol. The van der Waals surface area contributed by atoms with Crippen LogP contribution in [0, 0.1) is 0 Å². The van der Waals surface area contributed by atoms with E-state index >= 15 is 0 Å². The lowest BCUT2D eigenvalue weighted by Gasteiger charge is -2.29. The van der Waals surface area contributed by atoms with Crippen LogP contribution < -0.4 is 9.62 Å². The van der Waals surface area contributed by atoms with Crippen LogP contribution in [0.3, 0.4) is 0 Å². The summed E-state index contributed by atoms with van der Waals surface area (Å²) in [7, 11) is -1.99. The molecule has 0 saturated carbocycles. The molecule has 0 spiro atoms. The summed E-state index contributed by atoms with van der Waals surface area (Å²) in [5.74, 6) is -0.438. The predicted molar refractivity (Wildman–Crippen MR) is 128 cm³/mol. The number of carbonyl (C=O) groups is 2. The van der Waals surface area contributed by atoms with Crippen molar-refractivity contribution in [2.75, 3.05) is 30.7 Å². The largest absolute Gasteiger partial charge is 0.357 e. The van der Waals surface area contributed by atoms with E-state index in [1.54, 1.807) is 36.1 Å². The molecule has 0 bridgehead atoms. The standard InChI is InChI=1S/C23H30ClN3O4S/c1-18(23(29)25-2)26(17-15-19-8-5-4-6-9-19)22(28)10-7-16-27(32(3,30)31)21-13-11-20(24)12-14-21/h4-6,8-9,11-14,18H,7,10,15-17H2,1-3H3,(H,25,29)/t18-/m0/s1. The van der Waals surface area contributed by atoms with E-state index in [1.807, 2.05) is 30.3 Å². The number of rotatable bonds is 11. The molecule has 9 heteroatoms. The molecule has 7 nitrogen and oxygen atoms in total. The van der Waals surface area contributed by atoms with E-state index in [1.165, 1.54) is 11.4 Å². The predicted octanol–water partition coefficient (Wildman–Crippen LogP) is 3.09. The zero-order valence-corrected chi connectivity index (χ0v) is 20.2. The fraction of sp³-hybridized carbons (Fsp3) is 0.391. The summed E-state index contributed by atoms with van der Waals surface area (Å²) >= 11 is 5.90. The van der Waals surface area contributed by atoms with Crippen molar-refractivity contribution in [3.8, 4) is 0 Å². The van der Waals surface area contributed by atoms with Crippen molar-refractivity contribution < 1.29 is 18.0 Å². The van der Waals surface area contributed by atoms with Crippen molar-refractivity contribution in [2.24, 2.45) is 0 Å². The van der Waals surface area contributed by atoms with Gasteiger partial charge in [0.1, 0.15) is 6.04 Å². The van der Waals surface area contributed by atoms with Gasteiger partial charge in [-0.1, -0.05) is 41.9 Å². The van der Waals surface area contributed by atoms with Crippen molar-refractivity contribution in [3.63, 3.8) is 0 Å². The molecule has 2 aromatic rings. The normalized spacial score (nSPS) is 12.1. The number of nitrogens with zero attached hydrogens (tertiary/aromatic N) is 2. The van der Waals surface area contributed by atoms with E-state index < -0.39 is 16.1 Å². The summed E-state index contributed by atoms with van der Waals surface area (Å²) in [5, 5.41) is 3.10. The summed E-state index contributed by atoms with van der Waals surface area (Å²) in [5.41, 5.74) is 1.56. The maximum Gasteiger partial charge on any atom is 0.242 e. The third-order valence-corrected chi connectivity index (χ3v) is 6.61. The highest BCUT2D eigenvalue weighted by molar-refractivity contribution is 7.92. The summed E-state index contributed by atoms with van der Waals surface area (Å²) in [6.07, 6.45) is 2.18. The summed E-state index contributed by atoms with van der Waals surface area (Å²) in [6, 6.07) is 15.6. The first-order chi connectivity index (χ1) is 15.1. The molecular formula is C23H30ClN3O4S. The highest BCUT2D eigenvalue weighted by Crippen LogP contribution is 2.21. The van der Waals surface area contributed by atoms with Crippen LogP contribution in [0.25, 0.3) is 0 Å². The Kier molecular flexibility index (Phi) is 9.53. The van der Waals surface area contributed by atoms with Gasteiger partial charge >= 0.3 is 0 Å². The van der Waals surface area contributed by atoms with Crippen LogP contribution in [-0.2, 0) is 26.0 Å². The van der Waals surface area contributed by atoms with E-state index in [0.717, 1.165) is 11.8 Å². The molecule has 1 N–H and O–H groups in total. The van der Waals surface area contributed by atoms with Crippen LogP contribution in [0.4, 0.5) is 5.69 Å². The number of amides is 2. The van der Waals surface area contributed by atoms with Crippen LogP contribution in [0.15, 0.2) is 54.6 Å². The second kappa shape index (κ2) is 11.9. The maximum atomic E-state index is 13.0. The molecule has 174 valence electrons. The van der Waals surface area contributed by atoms with Crippen LogP contribution in [0.5, 0.6) is 0 Å². The van der Waals surface area contributed by atoms with Gasteiger partial charge in [-0.2, -0.15) is 0 Å². The van der Waals surface area contributed by atoms with Gasteiger partial charge in [0.15, 0.2) is 0 Å². The Morgan fingerprint density at radius 2 is 1.66 bits per heavy atom. The second-order valence-corrected chi connectivity index (χ2v) is 9.87. The Balaban J connectivity index is 2.06. The number of hydrogen-bond acceptors (Lipinski definition) is 4. The molecule has 0 heterocycles. The maximum absolute atomic E-state index is 13.0. The Labute approximate surface area is 195 Å². The lowest BCUT2D eigenvalue weighted by molar-refractivity contribution is -0.139. The molecule has 0 radical (unpaired) electrons. The number of hydrogen-bond donors (Lipinski definition) is 1. The number of sulfonamides is 1. The molecule has 0 saturated heterocycles. The van der Waals surface area contributed by atoms with E-state index in [2.05, 4.69) is 5.32 Å². The summed E-state index contributed by atoms with van der Waals surface area (Å²) in [4.78, 5) is 26.7. The van der Waals surface area contributed by atoms with Crippen molar-refractivity contribution >= 4 is 39.1 Å². The molecule has 0 aliphatic carbocycles. The first-order valence-electron chi connectivity index (χ1n) is 10.4. The quantitative estimate of drug-likeness (QED) is 0.536. The second-order valence-electron chi connectivity index (χ2n) is 7.53. The van der Waals surface area contributed by atoms with Gasteiger partial charge in [0, 0.05) is 31.6 Å². The monoisotopic (exact) mass is 479 g/mol. The number of nitrogens with one attached hydrogen (secondary N) is 1. The van der Waals surface area contributed by atoms with E-state index in [9.17, 15) is 18.0 Å². The van der Waals surface area contributed by atoms with E-state index in [4.69, 9.17) is 11.6 Å². The number of benzene rings is 2. The number of anilines is 1. The Hall–Kier alpha value is -2.58. The zero-order chi connectivity index (χ0) is 23.7. The van der Waals surface area contributed by atoms with Gasteiger partial charge in [-0.3, -0.25) is 13.9 Å². The molecule has 1 atom stereocenters. The first-order valence-corrected chi connectivity index (χ1v) is 12.6. The van der Waals surface area contributed by atoms with Crippen LogP contribution in [0.1, 0.15) is 25.3 Å². The van der Waals surface area contributed by atoms with Gasteiger partial charge in [0.2, 0.25) is 21.8 Å². The van der Waals surface area contributed by atoms with Crippen molar-refractivity contribution in [1.29, 1.82) is 0 Å². The SMILES string of the molecule is CNC(=O)[C@H](C)N(CCc1ccccc1)C(=O)CCCN(c1ccc(Cl)cc1)S(C)(=O)=O. The van der Waals surface area contributed by atoms with Gasteiger partial charge in [-0.15, -0.1) is 0 Å². The van der Waals surface area contributed by atoms with Crippen LogP contribution >= 0.6 is 11.6 Å². The molecular weight excluding hydrogens is 450 g/mol. The third-order valence-electron chi connectivity index (χ3n) is 5.16. The van der Waals surface area contributed by atoms with E-state index in [-0.39, 0.29) is 24.8 Å². The van der Waals surface area contributed by atoms with Gasteiger partial charge in [0.25, 0.3) is 0 Å². The van der Waals surface area contributed by atoms with Crippen molar-refractivity contribution in [3.05, 3.63) is 65.2 Å². The Morgan fingerprint density at radius 1 is 1.03 bits per heavy atom. The van der Waals surface area contributed by atoms with Crippen LogP contribution in [0.2, 0.25) is 5.02 Å². The fourth-order valence-corrected chi connectivity index (χ4v) is 4.48. The lowest BCUT2D eigenvalue weighted by atomic mass is 10.1. The van der Waals surface area contributed by atoms with Gasteiger partial charge in [-0.25, -0.2) is 8.42 Å². The summed E-state index contributed by atoms with van der Waals surface area (Å²) in [6.45, 7) is 2.23. The Morgan fingerprint density at radius 3 is 2.22 bits per heavy atom. The molecule has 0 aliphatic rings. The Bertz CT molecular complexity index is 998. The van der Waals surface area contributed by atoms with Gasteiger partial charge in [0.05, 0.1) is 11.9 Å². The minimum Gasteiger partial charge on any atom is -0.357 e. The molecule has 0 unspecified atom stereocenters.